The molecular weight excluding hydrogens is 338 g/mol. The van der Waals surface area contributed by atoms with Crippen LogP contribution >= 0.6 is 15.9 Å². The lowest BCUT2D eigenvalue weighted by Crippen LogP contribution is -2.27. The van der Waals surface area contributed by atoms with Crippen LogP contribution in [0.1, 0.15) is 24.1 Å². The SMILES string of the molecule is Cc1ccccc1S(=O)(=O)N[C@H](C)c1ccc(Br)cc1. The summed E-state index contributed by atoms with van der Waals surface area (Å²) in [6.07, 6.45) is 0. The molecule has 0 aliphatic heterocycles. The zero-order chi connectivity index (χ0) is 14.8. The lowest BCUT2D eigenvalue weighted by atomic mass is 10.1. The van der Waals surface area contributed by atoms with Crippen LogP contribution in [0.4, 0.5) is 0 Å². The molecule has 1 atom stereocenters. The molecule has 0 saturated heterocycles. The number of nitrogens with one attached hydrogen (secondary N) is 1. The minimum absolute atomic E-state index is 0.285. The van der Waals surface area contributed by atoms with Crippen molar-refractivity contribution in [3.63, 3.8) is 0 Å². The maximum absolute atomic E-state index is 12.4. The van der Waals surface area contributed by atoms with Gasteiger partial charge in [-0.1, -0.05) is 46.3 Å². The third-order valence-electron chi connectivity index (χ3n) is 3.09. The molecule has 0 spiro atoms. The Morgan fingerprint density at radius 1 is 1.05 bits per heavy atom. The van der Waals surface area contributed by atoms with Gasteiger partial charge in [0, 0.05) is 10.5 Å². The minimum Gasteiger partial charge on any atom is -0.207 e. The zero-order valence-electron chi connectivity index (χ0n) is 11.3. The molecule has 3 nitrogen and oxygen atoms in total. The van der Waals surface area contributed by atoms with E-state index in [0.717, 1.165) is 15.6 Å². The largest absolute Gasteiger partial charge is 0.241 e. The van der Waals surface area contributed by atoms with Gasteiger partial charge >= 0.3 is 0 Å². The molecule has 0 aliphatic carbocycles. The standard InChI is InChI=1S/C15H16BrNO2S/c1-11-5-3-4-6-15(11)20(18,19)17-12(2)13-7-9-14(16)10-8-13/h3-10,12,17H,1-2H3/t12-/m1/s1. The molecule has 0 saturated carbocycles. The Bertz CT molecular complexity index is 696. The van der Waals surface area contributed by atoms with E-state index in [4.69, 9.17) is 0 Å². The van der Waals surface area contributed by atoms with Gasteiger partial charge in [0.25, 0.3) is 0 Å². The predicted octanol–water partition coefficient (Wildman–Crippen LogP) is 3.80. The van der Waals surface area contributed by atoms with Gasteiger partial charge in [-0.15, -0.1) is 0 Å². The molecular formula is C15H16BrNO2S. The van der Waals surface area contributed by atoms with E-state index in [2.05, 4.69) is 20.7 Å². The smallest absolute Gasteiger partial charge is 0.207 e. The van der Waals surface area contributed by atoms with Crippen LogP contribution in [0.15, 0.2) is 57.9 Å². The van der Waals surface area contributed by atoms with E-state index in [1.165, 1.54) is 0 Å². The van der Waals surface area contributed by atoms with Crippen LogP contribution in [0.3, 0.4) is 0 Å². The van der Waals surface area contributed by atoms with Crippen LogP contribution in [-0.2, 0) is 10.0 Å². The molecule has 1 N–H and O–H groups in total. The summed E-state index contributed by atoms with van der Waals surface area (Å²) in [7, 11) is -3.51. The highest BCUT2D eigenvalue weighted by atomic mass is 79.9. The van der Waals surface area contributed by atoms with E-state index in [1.807, 2.05) is 37.3 Å². The van der Waals surface area contributed by atoms with E-state index >= 15 is 0 Å². The van der Waals surface area contributed by atoms with E-state index in [9.17, 15) is 8.42 Å². The third kappa shape index (κ3) is 3.48. The monoisotopic (exact) mass is 353 g/mol. The molecule has 2 rings (SSSR count). The molecule has 20 heavy (non-hydrogen) atoms. The summed E-state index contributed by atoms with van der Waals surface area (Å²) in [6.45, 7) is 3.62. The Hall–Kier alpha value is -1.17. The summed E-state index contributed by atoms with van der Waals surface area (Å²) in [6, 6.07) is 14.3. The van der Waals surface area contributed by atoms with E-state index in [0.29, 0.717) is 4.90 Å². The average Bonchev–Trinajstić information content (AvgIpc) is 2.39. The lowest BCUT2D eigenvalue weighted by Gasteiger charge is -2.16. The van der Waals surface area contributed by atoms with Crippen molar-refractivity contribution < 1.29 is 8.42 Å². The van der Waals surface area contributed by atoms with Gasteiger partial charge < -0.3 is 0 Å². The predicted molar refractivity (Wildman–Crippen MR) is 84.1 cm³/mol. The number of aryl methyl sites for hydroxylation is 1. The second-order valence-electron chi connectivity index (χ2n) is 4.66. The van der Waals surface area contributed by atoms with Gasteiger partial charge in [-0.25, -0.2) is 13.1 Å². The quantitative estimate of drug-likeness (QED) is 0.908. The van der Waals surface area contributed by atoms with E-state index in [1.54, 1.807) is 25.1 Å². The Morgan fingerprint density at radius 3 is 2.25 bits per heavy atom. The van der Waals surface area contributed by atoms with Gasteiger partial charge in [0.1, 0.15) is 0 Å². The summed E-state index contributed by atoms with van der Waals surface area (Å²) in [5.74, 6) is 0. The van der Waals surface area contributed by atoms with Crippen molar-refractivity contribution in [1.82, 2.24) is 4.72 Å². The van der Waals surface area contributed by atoms with Crippen molar-refractivity contribution in [2.24, 2.45) is 0 Å². The first-order chi connectivity index (χ1) is 9.40. The van der Waals surface area contributed by atoms with Crippen LogP contribution in [0.25, 0.3) is 0 Å². The third-order valence-corrected chi connectivity index (χ3v) is 5.31. The Morgan fingerprint density at radius 2 is 1.65 bits per heavy atom. The van der Waals surface area contributed by atoms with Crippen molar-refractivity contribution in [1.29, 1.82) is 0 Å². The normalized spacial score (nSPS) is 13.2. The van der Waals surface area contributed by atoms with Crippen LogP contribution in [0, 0.1) is 6.92 Å². The Labute approximate surface area is 128 Å². The summed E-state index contributed by atoms with van der Waals surface area (Å²) in [5.41, 5.74) is 1.66. The fourth-order valence-corrected chi connectivity index (χ4v) is 3.72. The van der Waals surface area contributed by atoms with Crippen LogP contribution in [0.5, 0.6) is 0 Å². The van der Waals surface area contributed by atoms with Crippen LogP contribution in [0.2, 0.25) is 0 Å². The minimum atomic E-state index is -3.51. The highest BCUT2D eigenvalue weighted by Gasteiger charge is 2.19. The molecule has 0 radical (unpaired) electrons. The number of hydrogen-bond acceptors (Lipinski definition) is 2. The van der Waals surface area contributed by atoms with Gasteiger partial charge in [-0.3, -0.25) is 0 Å². The molecule has 0 bridgehead atoms. The first-order valence-electron chi connectivity index (χ1n) is 6.23. The lowest BCUT2D eigenvalue weighted by molar-refractivity contribution is 0.566. The van der Waals surface area contributed by atoms with Crippen LogP contribution < -0.4 is 4.72 Å². The molecule has 0 fully saturated rings. The maximum atomic E-state index is 12.4. The zero-order valence-corrected chi connectivity index (χ0v) is 13.7. The summed E-state index contributed by atoms with van der Waals surface area (Å²) in [5, 5.41) is 0. The van der Waals surface area contributed by atoms with Gasteiger partial charge in [0.2, 0.25) is 10.0 Å². The van der Waals surface area contributed by atoms with Gasteiger partial charge in [0.15, 0.2) is 0 Å². The molecule has 0 aromatic heterocycles. The highest BCUT2D eigenvalue weighted by molar-refractivity contribution is 9.10. The molecule has 2 aromatic carbocycles. The number of benzene rings is 2. The van der Waals surface area contributed by atoms with Crippen molar-refractivity contribution in [2.45, 2.75) is 24.8 Å². The fraction of sp³-hybridized carbons (Fsp3) is 0.200. The number of sulfonamides is 1. The van der Waals surface area contributed by atoms with Crippen LogP contribution in [-0.4, -0.2) is 8.42 Å². The Balaban J connectivity index is 2.24. The maximum Gasteiger partial charge on any atom is 0.241 e. The van der Waals surface area contributed by atoms with E-state index in [-0.39, 0.29) is 6.04 Å². The van der Waals surface area contributed by atoms with E-state index < -0.39 is 10.0 Å². The molecule has 5 heteroatoms. The van der Waals surface area contributed by atoms with Crippen molar-refractivity contribution in [3.05, 3.63) is 64.1 Å². The number of rotatable bonds is 4. The number of hydrogen-bond donors (Lipinski definition) is 1. The Kier molecular flexibility index (Phi) is 4.62. The second-order valence-corrected chi connectivity index (χ2v) is 7.26. The second kappa shape index (κ2) is 6.08. The fourth-order valence-electron chi connectivity index (χ4n) is 1.97. The summed E-state index contributed by atoms with van der Waals surface area (Å²) >= 11 is 3.36. The van der Waals surface area contributed by atoms with Gasteiger partial charge in [-0.05, 0) is 43.2 Å². The average molecular weight is 354 g/mol. The highest BCUT2D eigenvalue weighted by Crippen LogP contribution is 2.20. The first kappa shape index (κ1) is 15.2. The topological polar surface area (TPSA) is 46.2 Å². The molecule has 0 amide bonds. The van der Waals surface area contributed by atoms with Crippen molar-refractivity contribution in [2.75, 3.05) is 0 Å². The summed E-state index contributed by atoms with van der Waals surface area (Å²) < 4.78 is 28.4. The van der Waals surface area contributed by atoms with Gasteiger partial charge in [0.05, 0.1) is 4.90 Å². The van der Waals surface area contributed by atoms with Gasteiger partial charge in [-0.2, -0.15) is 0 Å². The molecule has 0 aliphatic rings. The first-order valence-corrected chi connectivity index (χ1v) is 8.51. The molecule has 0 heterocycles. The van der Waals surface area contributed by atoms with Crippen molar-refractivity contribution >= 4 is 26.0 Å². The molecule has 0 unspecified atom stereocenters. The number of halogens is 1. The van der Waals surface area contributed by atoms with Crippen molar-refractivity contribution in [3.8, 4) is 0 Å². The summed E-state index contributed by atoms with van der Waals surface area (Å²) in [4.78, 5) is 0.323. The molecule has 106 valence electrons. The molecule has 2 aromatic rings.